The zero-order chi connectivity index (χ0) is 22.6. The van der Waals surface area contributed by atoms with Crippen molar-refractivity contribution in [2.45, 2.75) is 6.61 Å². The Labute approximate surface area is 190 Å². The van der Waals surface area contributed by atoms with E-state index in [9.17, 15) is 4.79 Å². The van der Waals surface area contributed by atoms with Gasteiger partial charge in [0.05, 0.1) is 23.4 Å². The van der Waals surface area contributed by atoms with Crippen molar-refractivity contribution in [3.8, 4) is 23.1 Å². The number of ether oxygens (including phenoxy) is 3. The number of hydrogen-bond donors (Lipinski definition) is 0. The lowest BCUT2D eigenvalue weighted by Crippen LogP contribution is -2.36. The summed E-state index contributed by atoms with van der Waals surface area (Å²) >= 11 is 0. The molecule has 33 heavy (non-hydrogen) atoms. The van der Waals surface area contributed by atoms with Crippen LogP contribution in [-0.2, 0) is 11.4 Å². The van der Waals surface area contributed by atoms with Gasteiger partial charge in [-0.05, 0) is 54.6 Å². The van der Waals surface area contributed by atoms with Crippen molar-refractivity contribution in [1.29, 1.82) is 0 Å². The van der Waals surface area contributed by atoms with Crippen LogP contribution in [0.5, 0.6) is 23.1 Å². The van der Waals surface area contributed by atoms with E-state index in [4.69, 9.17) is 14.2 Å². The van der Waals surface area contributed by atoms with Gasteiger partial charge in [0.25, 0.3) is 5.91 Å². The molecule has 8 heteroatoms. The van der Waals surface area contributed by atoms with Crippen LogP contribution >= 0.6 is 0 Å². The number of nitrogens with zero attached hydrogens (tertiary/aromatic N) is 4. The Balaban J connectivity index is 1.41. The molecule has 0 atom stereocenters. The number of hydrogen-bond acceptors (Lipinski definition) is 7. The first-order valence-corrected chi connectivity index (χ1v) is 10.4. The summed E-state index contributed by atoms with van der Waals surface area (Å²) in [6.45, 7) is 4.75. The van der Waals surface area contributed by atoms with E-state index >= 15 is 0 Å². The van der Waals surface area contributed by atoms with Crippen LogP contribution in [0, 0.1) is 0 Å². The molecule has 5 rings (SSSR count). The molecule has 4 aromatic rings. The molecule has 0 saturated carbocycles. The molecule has 3 heterocycles. The summed E-state index contributed by atoms with van der Waals surface area (Å²) in [6, 6.07) is 16.5. The molecule has 0 N–H and O–H groups in total. The third-order valence-corrected chi connectivity index (χ3v) is 5.14. The van der Waals surface area contributed by atoms with Gasteiger partial charge < -0.3 is 19.1 Å². The fourth-order valence-electron chi connectivity index (χ4n) is 3.57. The van der Waals surface area contributed by atoms with Crippen LogP contribution in [-0.4, -0.2) is 34.0 Å². The van der Waals surface area contributed by atoms with Crippen LogP contribution in [0.4, 0.5) is 5.69 Å². The smallest absolute Gasteiger partial charge is 0.250 e. The molecule has 0 fully saturated rings. The fourth-order valence-corrected chi connectivity index (χ4v) is 3.57. The van der Waals surface area contributed by atoms with Crippen molar-refractivity contribution in [2.75, 3.05) is 18.1 Å². The van der Waals surface area contributed by atoms with Gasteiger partial charge in [0.1, 0.15) is 36.4 Å². The second-order valence-corrected chi connectivity index (χ2v) is 7.21. The monoisotopic (exact) mass is 440 g/mol. The molecule has 1 aliphatic heterocycles. The van der Waals surface area contributed by atoms with E-state index in [0.29, 0.717) is 59.5 Å². The Bertz CT molecular complexity index is 1310. The Hall–Kier alpha value is -4.46. The summed E-state index contributed by atoms with van der Waals surface area (Å²) in [6.07, 6.45) is 4.45. The van der Waals surface area contributed by atoms with Gasteiger partial charge in [0, 0.05) is 6.20 Å². The number of benzene rings is 2. The number of anilines is 1. The summed E-state index contributed by atoms with van der Waals surface area (Å²) in [5, 5.41) is 0.604. The minimum atomic E-state index is -0.195. The highest BCUT2D eigenvalue weighted by Gasteiger charge is 2.26. The minimum Gasteiger partial charge on any atom is -0.489 e. The maximum Gasteiger partial charge on any atom is 0.250 e. The van der Waals surface area contributed by atoms with Gasteiger partial charge in [-0.1, -0.05) is 12.6 Å². The van der Waals surface area contributed by atoms with Gasteiger partial charge in [-0.15, -0.1) is 0 Å². The Kier molecular flexibility index (Phi) is 5.55. The molecule has 0 aliphatic carbocycles. The second kappa shape index (κ2) is 8.96. The topological polar surface area (TPSA) is 86.7 Å². The average molecular weight is 440 g/mol. The number of carbonyl (C=O) groups is 1. The number of rotatable bonds is 6. The van der Waals surface area contributed by atoms with Gasteiger partial charge in [-0.25, -0.2) is 9.97 Å². The zero-order valence-corrected chi connectivity index (χ0v) is 17.7. The highest BCUT2D eigenvalue weighted by Crippen LogP contribution is 2.42. The maximum absolute atomic E-state index is 12.3. The molecular weight excluding hydrogens is 420 g/mol. The molecule has 164 valence electrons. The summed E-state index contributed by atoms with van der Waals surface area (Å²) in [4.78, 5) is 26.8. The van der Waals surface area contributed by atoms with Crippen LogP contribution < -0.4 is 19.1 Å². The third kappa shape index (κ3) is 4.18. The van der Waals surface area contributed by atoms with E-state index < -0.39 is 0 Å². The number of aromatic nitrogens is 3. The molecule has 0 saturated heterocycles. The summed E-state index contributed by atoms with van der Waals surface area (Å²) in [5.74, 6) is 1.93. The summed E-state index contributed by atoms with van der Waals surface area (Å²) in [5.41, 5.74) is 2.14. The first kappa shape index (κ1) is 20.4. The quantitative estimate of drug-likeness (QED) is 0.413. The van der Waals surface area contributed by atoms with E-state index in [1.54, 1.807) is 23.2 Å². The first-order valence-electron chi connectivity index (χ1n) is 10.4. The van der Waals surface area contributed by atoms with Crippen molar-refractivity contribution in [3.63, 3.8) is 0 Å². The number of pyridine rings is 1. The number of fused-ring (bicyclic) bond motifs is 3. The molecule has 0 spiro atoms. The zero-order valence-electron chi connectivity index (χ0n) is 17.7. The van der Waals surface area contributed by atoms with E-state index in [0.717, 1.165) is 5.69 Å². The van der Waals surface area contributed by atoms with Crippen molar-refractivity contribution in [3.05, 3.63) is 85.5 Å². The molecular formula is C25H20N4O4. The van der Waals surface area contributed by atoms with Crippen LogP contribution in [0.15, 0.2) is 79.8 Å². The average Bonchev–Trinajstić information content (AvgIpc) is 2.88. The Morgan fingerprint density at radius 2 is 1.91 bits per heavy atom. The largest absolute Gasteiger partial charge is 0.489 e. The van der Waals surface area contributed by atoms with Gasteiger partial charge in [-0.3, -0.25) is 9.78 Å². The number of carbonyl (C=O) groups excluding carboxylic acids is 1. The van der Waals surface area contributed by atoms with Gasteiger partial charge >= 0.3 is 0 Å². The first-order chi connectivity index (χ1) is 16.2. The normalized spacial score (nSPS) is 12.5. The van der Waals surface area contributed by atoms with Crippen LogP contribution in [0.3, 0.4) is 0 Å². The fraction of sp³-hybridized carbons (Fsp3) is 0.120. The standard InChI is InChI=1S/C25H20N4O4/c1-2-22(30)29-13-14-31-24-21(29)11-10-20-23(24)25(28-16-27-20)33-19-8-6-18(7-9-19)32-15-17-5-3-4-12-26-17/h2-12,16H,1,13-15H2. The third-order valence-electron chi connectivity index (χ3n) is 5.14. The lowest BCUT2D eigenvalue weighted by molar-refractivity contribution is -0.114. The molecule has 1 amide bonds. The van der Waals surface area contributed by atoms with E-state index in [1.807, 2.05) is 42.5 Å². The van der Waals surface area contributed by atoms with Crippen molar-refractivity contribution in [1.82, 2.24) is 15.0 Å². The summed E-state index contributed by atoms with van der Waals surface area (Å²) in [7, 11) is 0. The lowest BCUT2D eigenvalue weighted by Gasteiger charge is -2.29. The maximum atomic E-state index is 12.3. The molecule has 0 unspecified atom stereocenters. The predicted octanol–water partition coefficient (Wildman–Crippen LogP) is 4.31. The van der Waals surface area contributed by atoms with Crippen LogP contribution in [0.25, 0.3) is 10.9 Å². The molecule has 2 aromatic carbocycles. The molecule has 0 radical (unpaired) electrons. The van der Waals surface area contributed by atoms with Crippen LogP contribution in [0.1, 0.15) is 5.69 Å². The van der Waals surface area contributed by atoms with E-state index in [1.165, 1.54) is 12.4 Å². The number of amides is 1. The highest BCUT2D eigenvalue weighted by molar-refractivity contribution is 6.06. The van der Waals surface area contributed by atoms with Gasteiger partial charge in [0.2, 0.25) is 5.88 Å². The molecule has 1 aliphatic rings. The van der Waals surface area contributed by atoms with E-state index in [-0.39, 0.29) is 5.91 Å². The predicted molar refractivity (Wildman–Crippen MR) is 123 cm³/mol. The Morgan fingerprint density at radius 3 is 2.70 bits per heavy atom. The van der Waals surface area contributed by atoms with E-state index in [2.05, 4.69) is 21.5 Å². The van der Waals surface area contributed by atoms with Gasteiger partial charge in [0.15, 0.2) is 5.75 Å². The SMILES string of the molecule is C=CC(=O)N1CCOc2c1ccc1ncnc(Oc3ccc(OCc4ccccn4)cc3)c21. The molecule has 8 nitrogen and oxygen atoms in total. The minimum absolute atomic E-state index is 0.195. The molecule has 0 bridgehead atoms. The second-order valence-electron chi connectivity index (χ2n) is 7.21. The highest BCUT2D eigenvalue weighted by atomic mass is 16.5. The van der Waals surface area contributed by atoms with Crippen molar-refractivity contribution < 1.29 is 19.0 Å². The summed E-state index contributed by atoms with van der Waals surface area (Å²) < 4.78 is 17.8. The van der Waals surface area contributed by atoms with Gasteiger partial charge in [-0.2, -0.15) is 0 Å². The Morgan fingerprint density at radius 1 is 1.06 bits per heavy atom. The molecule has 2 aromatic heterocycles. The van der Waals surface area contributed by atoms with Crippen molar-refractivity contribution >= 4 is 22.5 Å². The van der Waals surface area contributed by atoms with Crippen LogP contribution in [0.2, 0.25) is 0 Å². The lowest BCUT2D eigenvalue weighted by atomic mass is 10.1. The van der Waals surface area contributed by atoms with Crippen molar-refractivity contribution in [2.24, 2.45) is 0 Å².